The van der Waals surface area contributed by atoms with E-state index in [4.69, 9.17) is 9.47 Å². The van der Waals surface area contributed by atoms with Crippen LogP contribution >= 0.6 is 11.3 Å². The van der Waals surface area contributed by atoms with Crippen molar-refractivity contribution in [3.05, 3.63) is 47.5 Å². The third-order valence-corrected chi connectivity index (χ3v) is 6.37. The van der Waals surface area contributed by atoms with E-state index in [1.165, 1.54) is 11.3 Å². The number of esters is 1. The molecule has 0 spiro atoms. The van der Waals surface area contributed by atoms with Gasteiger partial charge in [0.25, 0.3) is 0 Å². The number of benzene rings is 1. The Kier molecular flexibility index (Phi) is 7.69. The van der Waals surface area contributed by atoms with Crippen LogP contribution in [0.25, 0.3) is 11.3 Å². The molecule has 1 aliphatic rings. The van der Waals surface area contributed by atoms with Crippen LogP contribution in [0.3, 0.4) is 0 Å². The van der Waals surface area contributed by atoms with Gasteiger partial charge < -0.3 is 19.7 Å². The summed E-state index contributed by atoms with van der Waals surface area (Å²) in [5.41, 5.74) is 2.20. The summed E-state index contributed by atoms with van der Waals surface area (Å²) in [4.78, 5) is 30.9. The number of nitrogens with one attached hydrogen (secondary N) is 1. The van der Waals surface area contributed by atoms with Gasteiger partial charge in [-0.1, -0.05) is 12.1 Å². The van der Waals surface area contributed by atoms with Crippen molar-refractivity contribution in [3.63, 3.8) is 0 Å². The molecule has 1 amide bonds. The fraction of sp³-hybridized carbons (Fsp3) is 0.375. The Hall–Kier alpha value is -3.53. The number of carbonyl (C=O) groups is 2. The summed E-state index contributed by atoms with van der Waals surface area (Å²) in [5, 5.41) is 13.9. The second-order valence-corrected chi connectivity index (χ2v) is 8.74. The largest absolute Gasteiger partial charge is 0.496 e. The Labute approximate surface area is 202 Å². The molecule has 0 aliphatic carbocycles. The standard InChI is InChI=1S/C24H27N5O4S/c1-3-33-22(30)13-17-15-34-24(25-17)26-23(31)16-7-6-12-29(14-16)21-11-10-19(27-28-21)18-8-4-5-9-20(18)32-2/h4-5,8-11,15-16H,3,6-7,12-14H2,1-2H3,(H,25,26,31). The maximum absolute atomic E-state index is 12.9. The molecule has 1 N–H and O–H groups in total. The topological polar surface area (TPSA) is 107 Å². The Morgan fingerprint density at radius 1 is 1.21 bits per heavy atom. The molecule has 9 nitrogen and oxygen atoms in total. The van der Waals surface area contributed by atoms with Gasteiger partial charge in [-0.2, -0.15) is 0 Å². The highest BCUT2D eigenvalue weighted by molar-refractivity contribution is 7.13. The van der Waals surface area contributed by atoms with Gasteiger partial charge in [-0.15, -0.1) is 21.5 Å². The van der Waals surface area contributed by atoms with Gasteiger partial charge in [0.2, 0.25) is 5.91 Å². The molecule has 34 heavy (non-hydrogen) atoms. The lowest BCUT2D eigenvalue weighted by Gasteiger charge is -2.32. The number of anilines is 2. The highest BCUT2D eigenvalue weighted by atomic mass is 32.1. The zero-order valence-corrected chi connectivity index (χ0v) is 20.0. The number of amides is 1. The first kappa shape index (κ1) is 23.6. The van der Waals surface area contributed by atoms with Crippen molar-refractivity contribution in [2.45, 2.75) is 26.2 Å². The molecule has 2 aromatic heterocycles. The van der Waals surface area contributed by atoms with E-state index in [9.17, 15) is 9.59 Å². The van der Waals surface area contributed by atoms with Gasteiger partial charge in [0, 0.05) is 24.0 Å². The van der Waals surface area contributed by atoms with Crippen molar-refractivity contribution in [1.29, 1.82) is 0 Å². The Morgan fingerprint density at radius 2 is 2.06 bits per heavy atom. The number of nitrogens with zero attached hydrogens (tertiary/aromatic N) is 4. The molecule has 1 saturated heterocycles. The minimum Gasteiger partial charge on any atom is -0.496 e. The van der Waals surface area contributed by atoms with Crippen LogP contribution in [-0.4, -0.2) is 53.9 Å². The summed E-state index contributed by atoms with van der Waals surface area (Å²) < 4.78 is 10.4. The number of para-hydroxylation sites is 1. The van der Waals surface area contributed by atoms with Crippen molar-refractivity contribution in [2.24, 2.45) is 5.92 Å². The van der Waals surface area contributed by atoms with Crippen LogP contribution in [0.1, 0.15) is 25.5 Å². The van der Waals surface area contributed by atoms with E-state index in [1.54, 1.807) is 19.4 Å². The lowest BCUT2D eigenvalue weighted by Crippen LogP contribution is -2.41. The van der Waals surface area contributed by atoms with E-state index in [1.807, 2.05) is 36.4 Å². The number of piperidine rings is 1. The highest BCUT2D eigenvalue weighted by Crippen LogP contribution is 2.29. The van der Waals surface area contributed by atoms with Crippen LogP contribution in [-0.2, 0) is 20.7 Å². The van der Waals surface area contributed by atoms with Crippen molar-refractivity contribution >= 4 is 34.2 Å². The van der Waals surface area contributed by atoms with E-state index in [0.29, 0.717) is 24.0 Å². The second-order valence-electron chi connectivity index (χ2n) is 7.88. The van der Waals surface area contributed by atoms with Crippen molar-refractivity contribution in [3.8, 4) is 17.0 Å². The minimum atomic E-state index is -0.327. The smallest absolute Gasteiger partial charge is 0.311 e. The number of rotatable bonds is 8. The summed E-state index contributed by atoms with van der Waals surface area (Å²) in [7, 11) is 1.63. The molecule has 3 aromatic rings. The predicted octanol–water partition coefficient (Wildman–Crippen LogP) is 3.57. The molecular formula is C24H27N5O4S. The SMILES string of the molecule is CCOC(=O)Cc1csc(NC(=O)C2CCCN(c3ccc(-c4ccccc4OC)nn3)C2)n1. The van der Waals surface area contributed by atoms with Crippen LogP contribution < -0.4 is 15.0 Å². The zero-order chi connectivity index (χ0) is 23.9. The van der Waals surface area contributed by atoms with Gasteiger partial charge in [0.05, 0.1) is 37.4 Å². The molecule has 3 heterocycles. The maximum Gasteiger partial charge on any atom is 0.311 e. The molecule has 0 radical (unpaired) electrons. The van der Waals surface area contributed by atoms with Gasteiger partial charge >= 0.3 is 5.97 Å². The lowest BCUT2D eigenvalue weighted by atomic mass is 9.97. The molecule has 4 rings (SSSR count). The number of methoxy groups -OCH3 is 1. The van der Waals surface area contributed by atoms with Crippen LogP contribution in [0.2, 0.25) is 0 Å². The molecule has 1 atom stereocenters. The molecular weight excluding hydrogens is 454 g/mol. The second kappa shape index (κ2) is 11.1. The summed E-state index contributed by atoms with van der Waals surface area (Å²) in [6.45, 7) is 3.46. The zero-order valence-electron chi connectivity index (χ0n) is 19.2. The van der Waals surface area contributed by atoms with Crippen LogP contribution in [0.4, 0.5) is 10.9 Å². The molecule has 0 saturated carbocycles. The Bertz CT molecular complexity index is 1130. The monoisotopic (exact) mass is 481 g/mol. The number of aromatic nitrogens is 3. The molecule has 1 aliphatic heterocycles. The molecule has 1 aromatic carbocycles. The average Bonchev–Trinajstić information content (AvgIpc) is 3.30. The first-order chi connectivity index (χ1) is 16.6. The van der Waals surface area contributed by atoms with E-state index in [-0.39, 0.29) is 24.2 Å². The lowest BCUT2D eigenvalue weighted by molar-refractivity contribution is -0.142. The summed E-state index contributed by atoms with van der Waals surface area (Å²) in [6, 6.07) is 11.5. The fourth-order valence-corrected chi connectivity index (χ4v) is 4.62. The van der Waals surface area contributed by atoms with Crippen molar-refractivity contribution in [1.82, 2.24) is 15.2 Å². The Morgan fingerprint density at radius 3 is 2.82 bits per heavy atom. The highest BCUT2D eigenvalue weighted by Gasteiger charge is 2.27. The van der Waals surface area contributed by atoms with Gasteiger partial charge in [-0.05, 0) is 44.0 Å². The number of hydrogen-bond donors (Lipinski definition) is 1. The fourth-order valence-electron chi connectivity index (χ4n) is 3.91. The molecule has 1 unspecified atom stereocenters. The van der Waals surface area contributed by atoms with Crippen LogP contribution in [0.15, 0.2) is 41.8 Å². The minimum absolute atomic E-state index is 0.0830. The first-order valence-corrected chi connectivity index (χ1v) is 12.1. The summed E-state index contributed by atoms with van der Waals surface area (Å²) in [5.74, 6) is 0.877. The van der Waals surface area contributed by atoms with Gasteiger partial charge in [-0.25, -0.2) is 4.98 Å². The quantitative estimate of drug-likeness (QED) is 0.487. The Balaban J connectivity index is 1.37. The maximum atomic E-state index is 12.9. The van der Waals surface area contributed by atoms with Gasteiger partial charge in [0.15, 0.2) is 10.9 Å². The number of thiazole rings is 1. The normalized spacial score (nSPS) is 15.6. The van der Waals surface area contributed by atoms with E-state index in [0.717, 1.165) is 42.2 Å². The van der Waals surface area contributed by atoms with Crippen molar-refractivity contribution in [2.75, 3.05) is 37.0 Å². The molecule has 1 fully saturated rings. The van der Waals surface area contributed by atoms with Crippen molar-refractivity contribution < 1.29 is 19.1 Å². The molecule has 0 bridgehead atoms. The molecule has 10 heteroatoms. The molecule has 178 valence electrons. The number of carbonyl (C=O) groups excluding carboxylic acids is 2. The van der Waals surface area contributed by atoms with E-state index >= 15 is 0 Å². The number of ether oxygens (including phenoxy) is 2. The van der Waals surface area contributed by atoms with Crippen LogP contribution in [0, 0.1) is 5.92 Å². The van der Waals surface area contributed by atoms with E-state index < -0.39 is 0 Å². The summed E-state index contributed by atoms with van der Waals surface area (Å²) in [6.07, 6.45) is 1.76. The van der Waals surface area contributed by atoms with Crippen LogP contribution in [0.5, 0.6) is 5.75 Å². The predicted molar refractivity (Wildman–Crippen MR) is 130 cm³/mol. The summed E-state index contributed by atoms with van der Waals surface area (Å²) >= 11 is 1.30. The first-order valence-electron chi connectivity index (χ1n) is 11.2. The van der Waals surface area contributed by atoms with E-state index in [2.05, 4.69) is 25.4 Å². The third-order valence-electron chi connectivity index (χ3n) is 5.56. The average molecular weight is 482 g/mol. The van der Waals surface area contributed by atoms with Gasteiger partial charge in [-0.3, -0.25) is 9.59 Å². The van der Waals surface area contributed by atoms with Gasteiger partial charge in [0.1, 0.15) is 5.75 Å². The third kappa shape index (κ3) is 5.69. The number of hydrogen-bond acceptors (Lipinski definition) is 9.